The summed E-state index contributed by atoms with van der Waals surface area (Å²) in [5.41, 5.74) is 1.18. The second-order valence-corrected chi connectivity index (χ2v) is 5.94. The van der Waals surface area contributed by atoms with Crippen molar-refractivity contribution < 1.29 is 0 Å². The van der Waals surface area contributed by atoms with E-state index >= 15 is 0 Å². The van der Waals surface area contributed by atoms with Gasteiger partial charge in [-0.1, -0.05) is 40.5 Å². The molecule has 1 aromatic carbocycles. The summed E-state index contributed by atoms with van der Waals surface area (Å²) in [7, 11) is 0. The minimum absolute atomic E-state index is 0.202. The van der Waals surface area contributed by atoms with Gasteiger partial charge >= 0.3 is 0 Å². The van der Waals surface area contributed by atoms with Crippen molar-refractivity contribution >= 4 is 38.9 Å². The number of halogens is 2. The van der Waals surface area contributed by atoms with Crippen molar-refractivity contribution in [1.82, 2.24) is 5.32 Å². The Kier molecular flexibility index (Phi) is 4.62. The molecule has 2 aromatic rings. The Hall–Kier alpha value is -0.350. The van der Waals surface area contributed by atoms with E-state index in [0.717, 1.165) is 16.0 Å². The molecule has 1 heterocycles. The molecule has 4 heteroatoms. The van der Waals surface area contributed by atoms with E-state index in [9.17, 15) is 0 Å². The third kappa shape index (κ3) is 3.10. The van der Waals surface area contributed by atoms with Crippen molar-refractivity contribution in [3.63, 3.8) is 0 Å². The summed E-state index contributed by atoms with van der Waals surface area (Å²) in [5.74, 6) is 0. The van der Waals surface area contributed by atoms with Crippen molar-refractivity contribution in [2.75, 3.05) is 6.54 Å². The van der Waals surface area contributed by atoms with Gasteiger partial charge < -0.3 is 5.32 Å². The zero-order valence-corrected chi connectivity index (χ0v) is 12.6. The average Bonchev–Trinajstić information content (AvgIpc) is 2.83. The Morgan fingerprint density at radius 1 is 1.41 bits per heavy atom. The van der Waals surface area contributed by atoms with Crippen LogP contribution in [0.1, 0.15) is 23.4 Å². The summed E-state index contributed by atoms with van der Waals surface area (Å²) in [5, 5.41) is 6.35. The molecule has 1 aromatic heterocycles. The van der Waals surface area contributed by atoms with E-state index in [-0.39, 0.29) is 6.04 Å². The molecule has 0 aliphatic heterocycles. The van der Waals surface area contributed by atoms with Gasteiger partial charge in [0.15, 0.2) is 0 Å². The van der Waals surface area contributed by atoms with E-state index in [0.29, 0.717) is 0 Å². The average molecular weight is 331 g/mol. The molecule has 1 unspecified atom stereocenters. The normalized spacial score (nSPS) is 12.6. The van der Waals surface area contributed by atoms with Crippen molar-refractivity contribution in [1.29, 1.82) is 0 Å². The number of rotatable bonds is 4. The summed E-state index contributed by atoms with van der Waals surface area (Å²) in [6.45, 7) is 3.03. The van der Waals surface area contributed by atoms with Gasteiger partial charge in [0.05, 0.1) is 6.04 Å². The summed E-state index contributed by atoms with van der Waals surface area (Å²) in [6.07, 6.45) is 0. The maximum Gasteiger partial charge on any atom is 0.0682 e. The summed E-state index contributed by atoms with van der Waals surface area (Å²) in [6, 6.07) is 10.3. The lowest BCUT2D eigenvalue weighted by Crippen LogP contribution is -2.21. The van der Waals surface area contributed by atoms with E-state index in [1.165, 1.54) is 10.4 Å². The number of hydrogen-bond donors (Lipinski definition) is 1. The fourth-order valence-electron chi connectivity index (χ4n) is 1.76. The second-order valence-electron chi connectivity index (χ2n) is 3.67. The van der Waals surface area contributed by atoms with Crippen LogP contribution in [0.5, 0.6) is 0 Å². The fourth-order valence-corrected chi connectivity index (χ4v) is 3.23. The Labute approximate surface area is 119 Å². The quantitative estimate of drug-likeness (QED) is 0.844. The van der Waals surface area contributed by atoms with Crippen molar-refractivity contribution in [3.05, 3.63) is 55.6 Å². The summed E-state index contributed by atoms with van der Waals surface area (Å²) < 4.78 is 1.08. The zero-order valence-electron chi connectivity index (χ0n) is 9.41. The van der Waals surface area contributed by atoms with E-state index in [2.05, 4.69) is 45.7 Å². The zero-order chi connectivity index (χ0) is 12.3. The summed E-state index contributed by atoms with van der Waals surface area (Å²) in [4.78, 5) is 1.30. The van der Waals surface area contributed by atoms with E-state index < -0.39 is 0 Å². The summed E-state index contributed by atoms with van der Waals surface area (Å²) >= 11 is 11.4. The first-order valence-corrected chi connectivity index (χ1v) is 7.49. The molecule has 1 atom stereocenters. The van der Waals surface area contributed by atoms with Crippen LogP contribution in [-0.2, 0) is 0 Å². The second kappa shape index (κ2) is 6.01. The van der Waals surface area contributed by atoms with Gasteiger partial charge in [0.2, 0.25) is 0 Å². The van der Waals surface area contributed by atoms with Gasteiger partial charge in [0.25, 0.3) is 0 Å². The Balaban J connectivity index is 2.42. The van der Waals surface area contributed by atoms with Gasteiger partial charge in [-0.15, -0.1) is 11.3 Å². The van der Waals surface area contributed by atoms with Crippen LogP contribution in [0.4, 0.5) is 0 Å². The molecule has 0 saturated carbocycles. The number of thiophene rings is 1. The lowest BCUT2D eigenvalue weighted by Gasteiger charge is -2.18. The molecule has 0 fully saturated rings. The molecule has 1 nitrogen and oxygen atoms in total. The van der Waals surface area contributed by atoms with E-state index in [1.54, 1.807) is 11.3 Å². The van der Waals surface area contributed by atoms with Gasteiger partial charge in [0, 0.05) is 14.4 Å². The molecular weight excluding hydrogens is 318 g/mol. The molecule has 0 aliphatic carbocycles. The largest absolute Gasteiger partial charge is 0.306 e. The molecule has 17 heavy (non-hydrogen) atoms. The third-order valence-corrected chi connectivity index (χ3v) is 4.40. The van der Waals surface area contributed by atoms with Gasteiger partial charge in [-0.3, -0.25) is 0 Å². The molecule has 0 saturated heterocycles. The van der Waals surface area contributed by atoms with E-state index in [4.69, 9.17) is 11.6 Å². The molecule has 0 amide bonds. The molecule has 0 bridgehead atoms. The van der Waals surface area contributed by atoms with Gasteiger partial charge in [-0.05, 0) is 41.8 Å². The third-order valence-electron chi connectivity index (χ3n) is 2.50. The van der Waals surface area contributed by atoms with Gasteiger partial charge in [-0.2, -0.15) is 0 Å². The molecule has 0 spiro atoms. The van der Waals surface area contributed by atoms with Crippen molar-refractivity contribution in [2.24, 2.45) is 0 Å². The van der Waals surface area contributed by atoms with Crippen molar-refractivity contribution in [3.8, 4) is 0 Å². The lowest BCUT2D eigenvalue weighted by atomic mass is 10.1. The molecule has 2 rings (SSSR count). The lowest BCUT2D eigenvalue weighted by molar-refractivity contribution is 0.637. The predicted molar refractivity (Wildman–Crippen MR) is 79.0 cm³/mol. The van der Waals surface area contributed by atoms with Crippen LogP contribution < -0.4 is 5.32 Å². The van der Waals surface area contributed by atoms with Crippen LogP contribution in [-0.4, -0.2) is 6.54 Å². The van der Waals surface area contributed by atoms with Crippen LogP contribution >= 0.6 is 38.9 Å². The van der Waals surface area contributed by atoms with Crippen LogP contribution in [0.25, 0.3) is 0 Å². The minimum Gasteiger partial charge on any atom is -0.306 e. The van der Waals surface area contributed by atoms with Crippen LogP contribution in [0, 0.1) is 0 Å². The SMILES string of the molecule is CCNC(c1cccs1)c1cc(Cl)ccc1Br. The molecule has 1 N–H and O–H groups in total. The standard InChI is InChI=1S/C13H13BrClNS/c1-2-16-13(12-4-3-7-17-12)10-8-9(15)5-6-11(10)14/h3-8,13,16H,2H2,1H3. The Morgan fingerprint density at radius 2 is 2.24 bits per heavy atom. The first-order chi connectivity index (χ1) is 8.22. The number of nitrogens with one attached hydrogen (secondary N) is 1. The predicted octanol–water partition coefficient (Wildman–Crippen LogP) is 4.86. The first-order valence-electron chi connectivity index (χ1n) is 5.44. The topological polar surface area (TPSA) is 12.0 Å². The van der Waals surface area contributed by atoms with Crippen LogP contribution in [0.3, 0.4) is 0 Å². The Morgan fingerprint density at radius 3 is 2.88 bits per heavy atom. The highest BCUT2D eigenvalue weighted by Gasteiger charge is 2.16. The maximum atomic E-state index is 6.08. The smallest absolute Gasteiger partial charge is 0.0682 e. The van der Waals surface area contributed by atoms with Gasteiger partial charge in [0.1, 0.15) is 0 Å². The highest BCUT2D eigenvalue weighted by atomic mass is 79.9. The fraction of sp³-hybridized carbons (Fsp3) is 0.231. The number of benzene rings is 1. The number of hydrogen-bond acceptors (Lipinski definition) is 2. The van der Waals surface area contributed by atoms with Crippen LogP contribution in [0.15, 0.2) is 40.2 Å². The van der Waals surface area contributed by atoms with E-state index in [1.807, 2.05) is 18.2 Å². The first kappa shape index (κ1) is 13.1. The highest BCUT2D eigenvalue weighted by molar-refractivity contribution is 9.10. The molecular formula is C13H13BrClNS. The molecule has 0 aliphatic rings. The molecule has 90 valence electrons. The minimum atomic E-state index is 0.202. The molecule has 0 radical (unpaired) electrons. The maximum absolute atomic E-state index is 6.08. The monoisotopic (exact) mass is 329 g/mol. The highest BCUT2D eigenvalue weighted by Crippen LogP contribution is 2.32. The Bertz CT molecular complexity index is 484. The van der Waals surface area contributed by atoms with Crippen LogP contribution in [0.2, 0.25) is 5.02 Å². The van der Waals surface area contributed by atoms with Crippen molar-refractivity contribution in [2.45, 2.75) is 13.0 Å². The van der Waals surface area contributed by atoms with Gasteiger partial charge in [-0.25, -0.2) is 0 Å².